The van der Waals surface area contributed by atoms with Crippen molar-refractivity contribution in [1.82, 2.24) is 0 Å². The molecule has 1 heterocycles. The highest BCUT2D eigenvalue weighted by Crippen LogP contribution is 2.29. The van der Waals surface area contributed by atoms with Crippen LogP contribution in [0.2, 0.25) is 0 Å². The van der Waals surface area contributed by atoms with Crippen molar-refractivity contribution in [3.05, 3.63) is 65.7 Å². The average Bonchev–Trinajstić information content (AvgIpc) is 2.95. The van der Waals surface area contributed by atoms with Crippen molar-refractivity contribution in [2.24, 2.45) is 0 Å². The minimum absolute atomic E-state index is 0.137. The van der Waals surface area contributed by atoms with E-state index in [0.29, 0.717) is 5.56 Å². The topological polar surface area (TPSA) is 195 Å². The van der Waals surface area contributed by atoms with Gasteiger partial charge in [-0.05, 0) is 29.8 Å². The quantitative estimate of drug-likeness (QED) is 0.114. The third-order valence-corrected chi connectivity index (χ3v) is 5.97. The first kappa shape index (κ1) is 30.7. The molecule has 0 aliphatic carbocycles. The number of methoxy groups -OCH3 is 1. The molecule has 0 saturated carbocycles. The van der Waals surface area contributed by atoms with Crippen LogP contribution in [0.5, 0.6) is 5.75 Å². The molecule has 2 aromatic carbocycles. The smallest absolute Gasteiger partial charge is 0.380 e. The molecule has 1 aliphatic rings. The molecule has 3 rings (SSSR count). The number of ketones is 1. The van der Waals surface area contributed by atoms with E-state index in [-0.39, 0.29) is 17.7 Å². The molecule has 0 bridgehead atoms. The Bertz CT molecular complexity index is 1150. The van der Waals surface area contributed by atoms with E-state index in [0.717, 1.165) is 7.11 Å². The summed E-state index contributed by atoms with van der Waals surface area (Å²) in [6.45, 7) is -1.49. The summed E-state index contributed by atoms with van der Waals surface area (Å²) < 4.78 is 26.5. The van der Waals surface area contributed by atoms with E-state index in [1.165, 1.54) is 24.3 Å². The number of ether oxygens (including phenoxy) is 5. The second-order valence-electron chi connectivity index (χ2n) is 8.80. The molecule has 4 N–H and O–H groups in total. The first-order valence-corrected chi connectivity index (χ1v) is 12.2. The van der Waals surface area contributed by atoms with Gasteiger partial charge in [0.15, 0.2) is 18.5 Å². The van der Waals surface area contributed by atoms with Gasteiger partial charge < -0.3 is 44.1 Å². The number of Topliss-reactive ketones (excluding diaryl/α,β-unsaturated/α-hetero) is 1. The summed E-state index contributed by atoms with van der Waals surface area (Å²) in [5.41, 5.74) is 0.442. The zero-order valence-electron chi connectivity index (χ0n) is 21.5. The van der Waals surface area contributed by atoms with Gasteiger partial charge >= 0.3 is 17.9 Å². The Morgan fingerprint density at radius 2 is 1.60 bits per heavy atom. The van der Waals surface area contributed by atoms with Crippen LogP contribution in [0.15, 0.2) is 54.6 Å². The number of hydrogen-bond donors (Lipinski definition) is 4. The minimum atomic E-state index is -1.78. The maximum absolute atomic E-state index is 12.9. The number of hydrogen-bond acceptors (Lipinski definition) is 13. The molecular weight excluding hydrogens is 532 g/mol. The second-order valence-corrected chi connectivity index (χ2v) is 8.80. The number of phenolic OH excluding ortho intramolecular Hbond substituents is 1. The minimum Gasteiger partial charge on any atom is -0.508 e. The summed E-state index contributed by atoms with van der Waals surface area (Å²) in [6, 6.07) is 13.2. The predicted molar refractivity (Wildman–Crippen MR) is 133 cm³/mol. The summed E-state index contributed by atoms with van der Waals surface area (Å²) in [7, 11) is 1.12. The van der Waals surface area contributed by atoms with E-state index in [4.69, 9.17) is 18.9 Å². The van der Waals surface area contributed by atoms with Crippen molar-refractivity contribution in [3.63, 3.8) is 0 Å². The Kier molecular flexibility index (Phi) is 11.1. The third kappa shape index (κ3) is 8.07. The highest BCUT2D eigenvalue weighted by molar-refractivity contribution is 6.40. The predicted octanol–water partition coefficient (Wildman–Crippen LogP) is -0.340. The Balaban J connectivity index is 1.90. The summed E-state index contributed by atoms with van der Waals surface area (Å²) in [4.78, 5) is 50.1. The summed E-state index contributed by atoms with van der Waals surface area (Å²) in [5, 5.41) is 39.8. The van der Waals surface area contributed by atoms with E-state index in [2.05, 4.69) is 4.74 Å². The number of aromatic hydroxyl groups is 1. The SMILES string of the molecule is COC(=O)C[C@@H](CO)O[C@@H]1O[C@H](CO)[C@@H](O)[C@H](OC(=O)Cc2ccccc2)[C@H]1OC(=O)C(=O)c1ccc(O)cc1. The van der Waals surface area contributed by atoms with Gasteiger partial charge in [-0.3, -0.25) is 14.4 Å². The van der Waals surface area contributed by atoms with Gasteiger partial charge in [-0.1, -0.05) is 30.3 Å². The Morgan fingerprint density at radius 3 is 2.20 bits per heavy atom. The van der Waals surface area contributed by atoms with Crippen LogP contribution in [-0.2, 0) is 44.5 Å². The summed E-state index contributed by atoms with van der Waals surface area (Å²) >= 11 is 0. The van der Waals surface area contributed by atoms with Crippen LogP contribution in [0, 0.1) is 0 Å². The molecule has 0 radical (unpaired) electrons. The number of esters is 3. The number of rotatable bonds is 12. The van der Waals surface area contributed by atoms with E-state index >= 15 is 0 Å². The first-order valence-electron chi connectivity index (χ1n) is 12.2. The molecule has 6 atom stereocenters. The van der Waals surface area contributed by atoms with Crippen LogP contribution in [0.4, 0.5) is 0 Å². The second kappa shape index (κ2) is 14.5. The van der Waals surface area contributed by atoms with E-state index in [1.54, 1.807) is 30.3 Å². The number of benzene rings is 2. The van der Waals surface area contributed by atoms with Crippen molar-refractivity contribution < 1.29 is 63.3 Å². The van der Waals surface area contributed by atoms with Crippen LogP contribution in [0.1, 0.15) is 22.3 Å². The zero-order chi connectivity index (χ0) is 29.2. The number of phenols is 1. The van der Waals surface area contributed by atoms with Gasteiger partial charge in [0.1, 0.15) is 18.0 Å². The van der Waals surface area contributed by atoms with Gasteiger partial charge in [0.2, 0.25) is 0 Å². The number of aliphatic hydroxyl groups excluding tert-OH is 3. The zero-order valence-corrected chi connectivity index (χ0v) is 21.5. The monoisotopic (exact) mass is 562 g/mol. The molecule has 2 aromatic rings. The normalized spacial score (nSPS) is 23.1. The molecule has 40 heavy (non-hydrogen) atoms. The maximum Gasteiger partial charge on any atom is 0.380 e. The molecule has 0 amide bonds. The molecule has 1 aliphatic heterocycles. The van der Waals surface area contributed by atoms with Crippen molar-refractivity contribution in [1.29, 1.82) is 0 Å². The molecule has 1 saturated heterocycles. The summed E-state index contributed by atoms with van der Waals surface area (Å²) in [6.07, 6.45) is -10.3. The molecule has 1 fully saturated rings. The Hall–Kier alpha value is -3.88. The van der Waals surface area contributed by atoms with Gasteiger partial charge in [-0.2, -0.15) is 0 Å². The lowest BCUT2D eigenvalue weighted by Crippen LogP contribution is -2.62. The first-order chi connectivity index (χ1) is 19.2. The lowest BCUT2D eigenvalue weighted by atomic mass is 9.98. The molecule has 13 nitrogen and oxygen atoms in total. The highest BCUT2D eigenvalue weighted by atomic mass is 16.7. The molecule has 216 valence electrons. The van der Waals surface area contributed by atoms with E-state index in [9.17, 15) is 39.6 Å². The van der Waals surface area contributed by atoms with Crippen molar-refractivity contribution in [3.8, 4) is 5.75 Å². The largest absolute Gasteiger partial charge is 0.508 e. The summed E-state index contributed by atoms with van der Waals surface area (Å²) in [5.74, 6) is -4.33. The van der Waals surface area contributed by atoms with Crippen LogP contribution >= 0.6 is 0 Å². The lowest BCUT2D eigenvalue weighted by molar-refractivity contribution is -0.316. The Labute approximate surface area is 228 Å². The van der Waals surface area contributed by atoms with Crippen LogP contribution in [-0.4, -0.2) is 101 Å². The standard InChI is InChI=1S/C27H30O13/c1-36-20(31)12-18(13-28)37-27-25(40-26(35)22(33)16-7-9-17(30)10-8-16)24(23(34)19(14-29)38-27)39-21(32)11-15-5-3-2-4-6-15/h2-10,18-19,23-25,27-30,34H,11-14H2,1H3/t18-,19+,23+,24-,25+,27+/m0/s1. The fourth-order valence-electron chi connectivity index (χ4n) is 3.89. The fourth-order valence-corrected chi connectivity index (χ4v) is 3.89. The van der Waals surface area contributed by atoms with Gasteiger partial charge in [0.05, 0.1) is 39.3 Å². The van der Waals surface area contributed by atoms with Gasteiger partial charge in [-0.25, -0.2) is 4.79 Å². The maximum atomic E-state index is 12.9. The van der Waals surface area contributed by atoms with Crippen LogP contribution in [0.25, 0.3) is 0 Å². The average molecular weight is 563 g/mol. The van der Waals surface area contributed by atoms with E-state index in [1.807, 2.05) is 0 Å². The van der Waals surface area contributed by atoms with Crippen LogP contribution in [0.3, 0.4) is 0 Å². The fraction of sp³-hybridized carbons (Fsp3) is 0.407. The molecule has 13 heteroatoms. The molecule has 0 aromatic heterocycles. The van der Waals surface area contributed by atoms with Gasteiger partial charge in [0.25, 0.3) is 5.78 Å². The van der Waals surface area contributed by atoms with Crippen molar-refractivity contribution in [2.45, 2.75) is 49.7 Å². The van der Waals surface area contributed by atoms with Crippen LogP contribution < -0.4 is 0 Å². The molecule has 0 spiro atoms. The number of carbonyl (C=O) groups is 4. The molecule has 0 unspecified atom stereocenters. The van der Waals surface area contributed by atoms with Gasteiger partial charge in [0, 0.05) is 5.56 Å². The lowest BCUT2D eigenvalue weighted by Gasteiger charge is -2.43. The Morgan fingerprint density at radius 1 is 0.925 bits per heavy atom. The number of carbonyl (C=O) groups excluding carboxylic acids is 4. The van der Waals surface area contributed by atoms with Gasteiger partial charge in [-0.15, -0.1) is 0 Å². The van der Waals surface area contributed by atoms with Crippen molar-refractivity contribution in [2.75, 3.05) is 20.3 Å². The van der Waals surface area contributed by atoms with E-state index < -0.39 is 80.1 Å². The molecular formula is C27H30O13. The number of aliphatic hydroxyl groups is 3. The highest BCUT2D eigenvalue weighted by Gasteiger charge is 2.51. The van der Waals surface area contributed by atoms with Crippen molar-refractivity contribution >= 4 is 23.7 Å². The third-order valence-electron chi connectivity index (χ3n) is 5.97.